The van der Waals surface area contributed by atoms with Crippen molar-refractivity contribution in [2.24, 2.45) is 0 Å². The van der Waals surface area contributed by atoms with Gasteiger partial charge in [-0.05, 0) is 59.1 Å². The molecule has 0 saturated heterocycles. The number of nitrogens with one attached hydrogen (secondary N) is 1. The second kappa shape index (κ2) is 7.73. The number of anilines is 2. The second-order valence-corrected chi connectivity index (χ2v) is 7.10. The van der Waals surface area contributed by atoms with Gasteiger partial charge in [-0.1, -0.05) is 24.8 Å². The standard InChI is InChI=1S/C22H18N4O2S/c1-3-20(27)25-16-7-4-13(5-8-16)22-21-18(26-29-22)10-15(12-24-21)14-6-9-17(23)19(11-14)28-2/h3-12H,1,23H2,2H3,(H,25,27). The van der Waals surface area contributed by atoms with Crippen LogP contribution in [0.2, 0.25) is 0 Å². The molecule has 1 amide bonds. The number of methoxy groups -OCH3 is 1. The molecule has 0 atom stereocenters. The zero-order valence-corrected chi connectivity index (χ0v) is 16.5. The van der Waals surface area contributed by atoms with Gasteiger partial charge in [0.25, 0.3) is 0 Å². The average Bonchev–Trinajstić information content (AvgIpc) is 3.18. The number of nitrogens with two attached hydrogens (primary N) is 1. The lowest BCUT2D eigenvalue weighted by molar-refractivity contribution is -0.111. The van der Waals surface area contributed by atoms with Crippen molar-refractivity contribution < 1.29 is 9.53 Å². The highest BCUT2D eigenvalue weighted by molar-refractivity contribution is 7.11. The number of rotatable bonds is 5. The molecule has 0 aliphatic carbocycles. The number of nitrogens with zero attached hydrogens (tertiary/aromatic N) is 2. The highest BCUT2D eigenvalue weighted by atomic mass is 32.1. The van der Waals surface area contributed by atoms with Crippen LogP contribution >= 0.6 is 11.5 Å². The molecule has 29 heavy (non-hydrogen) atoms. The molecule has 4 aromatic rings. The van der Waals surface area contributed by atoms with Crippen LogP contribution < -0.4 is 15.8 Å². The van der Waals surface area contributed by atoms with Crippen LogP contribution in [0.4, 0.5) is 11.4 Å². The normalized spacial score (nSPS) is 10.7. The van der Waals surface area contributed by atoms with E-state index in [1.165, 1.54) is 17.6 Å². The SMILES string of the molecule is C=CC(=O)Nc1ccc(-c2snc3cc(-c4ccc(N)c(OC)c4)cnc23)cc1. The van der Waals surface area contributed by atoms with E-state index in [-0.39, 0.29) is 5.91 Å². The smallest absolute Gasteiger partial charge is 0.247 e. The maximum absolute atomic E-state index is 11.4. The summed E-state index contributed by atoms with van der Waals surface area (Å²) in [5, 5.41) is 2.74. The number of amides is 1. The van der Waals surface area contributed by atoms with Gasteiger partial charge in [0.05, 0.1) is 17.7 Å². The first-order valence-electron chi connectivity index (χ1n) is 8.82. The lowest BCUT2D eigenvalue weighted by Crippen LogP contribution is -2.06. The predicted molar refractivity (Wildman–Crippen MR) is 118 cm³/mol. The van der Waals surface area contributed by atoms with Crippen LogP contribution in [-0.2, 0) is 4.79 Å². The van der Waals surface area contributed by atoms with Crippen LogP contribution in [-0.4, -0.2) is 22.4 Å². The number of nitrogen functional groups attached to an aromatic ring is 1. The van der Waals surface area contributed by atoms with Crippen LogP contribution in [0.1, 0.15) is 0 Å². The summed E-state index contributed by atoms with van der Waals surface area (Å²) in [6, 6.07) is 15.2. The fraction of sp³-hybridized carbons (Fsp3) is 0.0455. The van der Waals surface area contributed by atoms with Crippen LogP contribution in [0.5, 0.6) is 5.75 Å². The summed E-state index contributed by atoms with van der Waals surface area (Å²) >= 11 is 1.39. The molecule has 2 aromatic heterocycles. The predicted octanol–water partition coefficient (Wildman–Crippen LogP) is 4.74. The Bertz CT molecular complexity index is 1220. The van der Waals surface area contributed by atoms with Gasteiger partial charge in [0.2, 0.25) is 5.91 Å². The molecule has 4 rings (SSSR count). The van der Waals surface area contributed by atoms with Gasteiger partial charge < -0.3 is 15.8 Å². The molecule has 2 aromatic carbocycles. The third-order valence-corrected chi connectivity index (χ3v) is 5.38. The number of hydrogen-bond acceptors (Lipinski definition) is 6. The minimum absolute atomic E-state index is 0.241. The van der Waals surface area contributed by atoms with Gasteiger partial charge in [-0.15, -0.1) is 0 Å². The number of carbonyl (C=O) groups is 1. The van der Waals surface area contributed by atoms with E-state index in [1.54, 1.807) is 7.11 Å². The molecule has 7 heteroatoms. The Kier molecular flexibility index (Phi) is 4.97. The Morgan fingerprint density at radius 1 is 1.14 bits per heavy atom. The van der Waals surface area contributed by atoms with E-state index < -0.39 is 0 Å². The molecular formula is C22H18N4O2S. The summed E-state index contributed by atoms with van der Waals surface area (Å²) in [6.07, 6.45) is 3.06. The van der Waals surface area contributed by atoms with Crippen molar-refractivity contribution in [2.45, 2.75) is 0 Å². The number of pyridine rings is 1. The van der Waals surface area contributed by atoms with Gasteiger partial charge in [0.1, 0.15) is 16.8 Å². The van der Waals surface area contributed by atoms with Gasteiger partial charge in [-0.2, -0.15) is 4.37 Å². The lowest BCUT2D eigenvalue weighted by Gasteiger charge is -2.07. The van der Waals surface area contributed by atoms with Crippen LogP contribution in [0.15, 0.2) is 67.4 Å². The minimum atomic E-state index is -0.241. The van der Waals surface area contributed by atoms with Crippen molar-refractivity contribution >= 4 is 39.8 Å². The van der Waals surface area contributed by atoms with Crippen molar-refractivity contribution in [1.29, 1.82) is 0 Å². The van der Waals surface area contributed by atoms with Gasteiger partial charge in [-0.3, -0.25) is 9.78 Å². The molecule has 2 heterocycles. The molecule has 0 bridgehead atoms. The molecule has 0 aliphatic heterocycles. The molecular weight excluding hydrogens is 384 g/mol. The van der Waals surface area contributed by atoms with E-state index in [0.29, 0.717) is 17.1 Å². The van der Waals surface area contributed by atoms with E-state index in [0.717, 1.165) is 32.6 Å². The van der Waals surface area contributed by atoms with Gasteiger partial charge >= 0.3 is 0 Å². The summed E-state index contributed by atoms with van der Waals surface area (Å²) < 4.78 is 9.87. The maximum atomic E-state index is 11.4. The van der Waals surface area contributed by atoms with Crippen LogP contribution in [0, 0.1) is 0 Å². The fourth-order valence-corrected chi connectivity index (χ4v) is 3.79. The zero-order chi connectivity index (χ0) is 20.4. The van der Waals surface area contributed by atoms with Crippen LogP contribution in [0.3, 0.4) is 0 Å². The molecule has 0 radical (unpaired) electrons. The third-order valence-electron chi connectivity index (χ3n) is 4.48. The molecule has 144 valence electrons. The van der Waals surface area contributed by atoms with Gasteiger partial charge in [0, 0.05) is 17.4 Å². The first kappa shape index (κ1) is 18.6. The first-order chi connectivity index (χ1) is 14.1. The molecule has 0 fully saturated rings. The molecule has 0 spiro atoms. The summed E-state index contributed by atoms with van der Waals surface area (Å²) in [5.41, 5.74) is 11.8. The number of fused-ring (bicyclic) bond motifs is 1. The van der Waals surface area contributed by atoms with Crippen LogP contribution in [0.25, 0.3) is 32.6 Å². The topological polar surface area (TPSA) is 90.1 Å². The molecule has 0 saturated carbocycles. The summed E-state index contributed by atoms with van der Waals surface area (Å²) in [6.45, 7) is 3.45. The quantitative estimate of drug-likeness (QED) is 0.372. The Morgan fingerprint density at radius 2 is 1.90 bits per heavy atom. The molecule has 6 nitrogen and oxygen atoms in total. The zero-order valence-electron chi connectivity index (χ0n) is 15.7. The summed E-state index contributed by atoms with van der Waals surface area (Å²) in [5.74, 6) is 0.389. The number of carbonyl (C=O) groups excluding carboxylic acids is 1. The summed E-state index contributed by atoms with van der Waals surface area (Å²) in [4.78, 5) is 17.0. The van der Waals surface area contributed by atoms with Gasteiger partial charge in [0.15, 0.2) is 0 Å². The Balaban J connectivity index is 1.67. The summed E-state index contributed by atoms with van der Waals surface area (Å²) in [7, 11) is 1.59. The van der Waals surface area contributed by atoms with Crippen molar-refractivity contribution in [3.05, 3.63) is 67.4 Å². The Morgan fingerprint density at radius 3 is 2.62 bits per heavy atom. The Labute approximate surface area is 171 Å². The van der Waals surface area contributed by atoms with Crippen molar-refractivity contribution in [2.75, 3.05) is 18.2 Å². The number of aromatic nitrogens is 2. The largest absolute Gasteiger partial charge is 0.495 e. The van der Waals surface area contributed by atoms with E-state index in [1.807, 2.05) is 54.7 Å². The Hall–Kier alpha value is -3.71. The molecule has 0 unspecified atom stereocenters. The monoisotopic (exact) mass is 402 g/mol. The number of benzene rings is 2. The molecule has 3 N–H and O–H groups in total. The van der Waals surface area contributed by atoms with E-state index >= 15 is 0 Å². The second-order valence-electron chi connectivity index (χ2n) is 6.33. The minimum Gasteiger partial charge on any atom is -0.495 e. The van der Waals surface area contributed by atoms with Crippen molar-refractivity contribution in [3.63, 3.8) is 0 Å². The maximum Gasteiger partial charge on any atom is 0.247 e. The van der Waals surface area contributed by atoms with E-state index in [9.17, 15) is 4.79 Å². The van der Waals surface area contributed by atoms with Crippen molar-refractivity contribution in [1.82, 2.24) is 9.36 Å². The van der Waals surface area contributed by atoms with E-state index in [2.05, 4.69) is 21.3 Å². The molecule has 0 aliphatic rings. The third kappa shape index (κ3) is 3.68. The number of ether oxygens (including phenoxy) is 1. The van der Waals surface area contributed by atoms with E-state index in [4.69, 9.17) is 10.5 Å². The highest BCUT2D eigenvalue weighted by Gasteiger charge is 2.12. The number of hydrogen-bond donors (Lipinski definition) is 2. The van der Waals surface area contributed by atoms with Gasteiger partial charge in [-0.25, -0.2) is 0 Å². The lowest BCUT2D eigenvalue weighted by atomic mass is 10.1. The average molecular weight is 402 g/mol. The first-order valence-corrected chi connectivity index (χ1v) is 9.59. The highest BCUT2D eigenvalue weighted by Crippen LogP contribution is 2.35. The van der Waals surface area contributed by atoms with Crippen molar-refractivity contribution in [3.8, 4) is 27.3 Å². The fourth-order valence-electron chi connectivity index (χ4n) is 2.97.